The van der Waals surface area contributed by atoms with Crippen LogP contribution in [0.3, 0.4) is 0 Å². The molecule has 0 atom stereocenters. The number of hydrogen-bond acceptors (Lipinski definition) is 3. The van der Waals surface area contributed by atoms with Crippen LogP contribution in [0.5, 0.6) is 5.75 Å². The first-order valence-corrected chi connectivity index (χ1v) is 8.28. The lowest BCUT2D eigenvalue weighted by Gasteiger charge is -2.22. The van der Waals surface area contributed by atoms with Gasteiger partial charge in [-0.25, -0.2) is 4.99 Å². The molecular weight excluding hydrogens is 300 g/mol. The number of aromatic nitrogens is 1. The van der Waals surface area contributed by atoms with Crippen LogP contribution in [0.1, 0.15) is 18.2 Å². The number of nitrogens with one attached hydrogen (secondary N) is 1. The smallest absolute Gasteiger partial charge is 0.194 e. The third kappa shape index (κ3) is 5.57. The monoisotopic (exact) mass is 326 g/mol. The van der Waals surface area contributed by atoms with Gasteiger partial charge in [0.25, 0.3) is 0 Å². The van der Waals surface area contributed by atoms with Gasteiger partial charge in [-0.2, -0.15) is 0 Å². The summed E-state index contributed by atoms with van der Waals surface area (Å²) in [6.45, 7) is 6.87. The number of pyridine rings is 1. The normalized spacial score (nSPS) is 11.2. The Bertz CT molecular complexity index is 643. The van der Waals surface area contributed by atoms with E-state index >= 15 is 0 Å². The first-order valence-electron chi connectivity index (χ1n) is 8.28. The van der Waals surface area contributed by atoms with Crippen LogP contribution in [-0.2, 0) is 6.54 Å². The third-order valence-electron chi connectivity index (χ3n) is 3.63. The minimum atomic E-state index is 0.568. The number of hydrogen-bond donors (Lipinski definition) is 1. The molecule has 0 unspecified atom stereocenters. The molecule has 0 saturated heterocycles. The van der Waals surface area contributed by atoms with Crippen molar-refractivity contribution >= 4 is 5.96 Å². The van der Waals surface area contributed by atoms with E-state index in [0.29, 0.717) is 13.2 Å². The summed E-state index contributed by atoms with van der Waals surface area (Å²) < 4.78 is 5.75. The topological polar surface area (TPSA) is 49.8 Å². The van der Waals surface area contributed by atoms with Gasteiger partial charge < -0.3 is 15.0 Å². The maximum Gasteiger partial charge on any atom is 0.194 e. The van der Waals surface area contributed by atoms with Gasteiger partial charge in [-0.15, -0.1) is 0 Å². The molecule has 0 aliphatic carbocycles. The van der Waals surface area contributed by atoms with Gasteiger partial charge >= 0.3 is 0 Å². The number of guanidine groups is 1. The number of aryl methyl sites for hydroxylation is 1. The van der Waals surface area contributed by atoms with E-state index in [1.807, 2.05) is 49.6 Å². The summed E-state index contributed by atoms with van der Waals surface area (Å²) in [5.41, 5.74) is 2.16. The van der Waals surface area contributed by atoms with Gasteiger partial charge in [-0.1, -0.05) is 24.3 Å². The highest BCUT2D eigenvalue weighted by Crippen LogP contribution is 2.08. The molecule has 24 heavy (non-hydrogen) atoms. The van der Waals surface area contributed by atoms with Gasteiger partial charge in [0.15, 0.2) is 5.96 Å². The molecule has 5 nitrogen and oxygen atoms in total. The van der Waals surface area contributed by atoms with E-state index in [0.717, 1.165) is 36.1 Å². The molecule has 1 aromatic carbocycles. The number of ether oxygens (including phenoxy) is 1. The molecule has 1 heterocycles. The second kappa shape index (κ2) is 9.55. The van der Waals surface area contributed by atoms with Gasteiger partial charge in [0.2, 0.25) is 0 Å². The van der Waals surface area contributed by atoms with Crippen LogP contribution in [-0.4, -0.2) is 42.6 Å². The zero-order valence-corrected chi connectivity index (χ0v) is 14.7. The Balaban J connectivity index is 1.90. The van der Waals surface area contributed by atoms with E-state index in [9.17, 15) is 0 Å². The van der Waals surface area contributed by atoms with Crippen LogP contribution in [0.2, 0.25) is 0 Å². The Morgan fingerprint density at radius 3 is 2.71 bits per heavy atom. The SMILES string of the molecule is CCNC(=NCc1ncccc1C)N(C)CCOc1ccccc1. The van der Waals surface area contributed by atoms with E-state index in [-0.39, 0.29) is 0 Å². The summed E-state index contributed by atoms with van der Waals surface area (Å²) in [5, 5.41) is 3.31. The van der Waals surface area contributed by atoms with Crippen molar-refractivity contribution < 1.29 is 4.74 Å². The Labute approximate surface area is 144 Å². The zero-order valence-electron chi connectivity index (χ0n) is 14.7. The summed E-state index contributed by atoms with van der Waals surface area (Å²) in [5.74, 6) is 1.75. The maximum atomic E-state index is 5.75. The lowest BCUT2D eigenvalue weighted by molar-refractivity contribution is 0.281. The van der Waals surface area contributed by atoms with Crippen molar-refractivity contribution in [2.75, 3.05) is 26.7 Å². The predicted molar refractivity (Wildman–Crippen MR) is 98.4 cm³/mol. The van der Waals surface area contributed by atoms with Crippen LogP contribution < -0.4 is 10.1 Å². The van der Waals surface area contributed by atoms with E-state index < -0.39 is 0 Å². The highest BCUT2D eigenvalue weighted by molar-refractivity contribution is 5.79. The Morgan fingerprint density at radius 1 is 1.21 bits per heavy atom. The molecule has 0 fully saturated rings. The van der Waals surface area contributed by atoms with Crippen molar-refractivity contribution in [2.45, 2.75) is 20.4 Å². The van der Waals surface area contributed by atoms with E-state index in [1.165, 1.54) is 0 Å². The predicted octanol–water partition coefficient (Wildman–Crippen LogP) is 2.87. The quantitative estimate of drug-likeness (QED) is 0.628. The first-order chi connectivity index (χ1) is 11.7. The van der Waals surface area contributed by atoms with Crippen molar-refractivity contribution in [1.82, 2.24) is 15.2 Å². The minimum Gasteiger partial charge on any atom is -0.492 e. The van der Waals surface area contributed by atoms with Crippen LogP contribution >= 0.6 is 0 Å². The molecule has 0 aliphatic heterocycles. The maximum absolute atomic E-state index is 5.75. The average Bonchev–Trinajstić information content (AvgIpc) is 2.60. The number of likely N-dealkylation sites (N-methyl/N-ethyl adjacent to an activating group) is 1. The standard InChI is InChI=1S/C19H26N4O/c1-4-20-19(22-15-18-16(2)9-8-12-21-18)23(3)13-14-24-17-10-6-5-7-11-17/h5-12H,4,13-15H2,1-3H3,(H,20,22). The van der Waals surface area contributed by atoms with Crippen LogP contribution in [0.25, 0.3) is 0 Å². The fourth-order valence-corrected chi connectivity index (χ4v) is 2.23. The summed E-state index contributed by atoms with van der Waals surface area (Å²) in [4.78, 5) is 11.2. The average molecular weight is 326 g/mol. The molecule has 0 aliphatic rings. The van der Waals surface area contributed by atoms with Crippen LogP contribution in [0, 0.1) is 6.92 Å². The molecule has 128 valence electrons. The van der Waals surface area contributed by atoms with Crippen molar-refractivity contribution in [1.29, 1.82) is 0 Å². The summed E-state index contributed by atoms with van der Waals surface area (Å²) >= 11 is 0. The molecule has 2 rings (SSSR count). The number of nitrogens with zero attached hydrogens (tertiary/aromatic N) is 3. The second-order valence-electron chi connectivity index (χ2n) is 5.52. The lowest BCUT2D eigenvalue weighted by atomic mass is 10.2. The van der Waals surface area contributed by atoms with Crippen molar-refractivity contribution in [3.8, 4) is 5.75 Å². The molecule has 0 radical (unpaired) electrons. The van der Waals surface area contributed by atoms with E-state index in [2.05, 4.69) is 40.1 Å². The summed E-state index contributed by atoms with van der Waals surface area (Å²) in [6, 6.07) is 13.9. The van der Waals surface area contributed by atoms with Gasteiger partial charge in [0.1, 0.15) is 12.4 Å². The van der Waals surface area contributed by atoms with Gasteiger partial charge in [-0.05, 0) is 37.6 Å². The summed E-state index contributed by atoms with van der Waals surface area (Å²) in [7, 11) is 2.02. The lowest BCUT2D eigenvalue weighted by Crippen LogP contribution is -2.40. The van der Waals surface area contributed by atoms with Gasteiger partial charge in [-0.3, -0.25) is 4.98 Å². The van der Waals surface area contributed by atoms with Gasteiger partial charge in [0, 0.05) is 19.8 Å². The van der Waals surface area contributed by atoms with E-state index in [1.54, 1.807) is 0 Å². The van der Waals surface area contributed by atoms with Crippen LogP contribution in [0.15, 0.2) is 53.7 Å². The molecular formula is C19H26N4O. The van der Waals surface area contributed by atoms with Gasteiger partial charge in [0.05, 0.1) is 18.8 Å². The second-order valence-corrected chi connectivity index (χ2v) is 5.52. The summed E-state index contributed by atoms with van der Waals surface area (Å²) in [6.07, 6.45) is 1.81. The Hall–Kier alpha value is -2.56. The largest absolute Gasteiger partial charge is 0.492 e. The molecule has 0 saturated carbocycles. The highest BCUT2D eigenvalue weighted by atomic mass is 16.5. The molecule has 0 spiro atoms. The fraction of sp³-hybridized carbons (Fsp3) is 0.368. The molecule has 2 aromatic rings. The molecule has 1 aromatic heterocycles. The van der Waals surface area contributed by atoms with Crippen LogP contribution in [0.4, 0.5) is 0 Å². The zero-order chi connectivity index (χ0) is 17.2. The highest BCUT2D eigenvalue weighted by Gasteiger charge is 2.06. The Morgan fingerprint density at radius 2 is 2.00 bits per heavy atom. The Kier molecular flexibility index (Phi) is 7.08. The third-order valence-corrected chi connectivity index (χ3v) is 3.63. The number of aliphatic imine (C=N–C) groups is 1. The number of para-hydroxylation sites is 1. The van der Waals surface area contributed by atoms with Crippen molar-refractivity contribution in [3.05, 3.63) is 59.9 Å². The molecule has 0 bridgehead atoms. The van der Waals surface area contributed by atoms with E-state index in [4.69, 9.17) is 4.74 Å². The molecule has 1 N–H and O–H groups in total. The van der Waals surface area contributed by atoms with Crippen molar-refractivity contribution in [2.24, 2.45) is 4.99 Å². The molecule has 0 amide bonds. The first kappa shape index (κ1) is 17.8. The van der Waals surface area contributed by atoms with Crippen molar-refractivity contribution in [3.63, 3.8) is 0 Å². The number of rotatable bonds is 7. The fourth-order valence-electron chi connectivity index (χ4n) is 2.23. The molecule has 5 heteroatoms. The minimum absolute atomic E-state index is 0.568. The number of benzene rings is 1.